The Balaban J connectivity index is 1.19. The Hall–Kier alpha value is -7.14. The molecule has 0 aliphatic carbocycles. The number of ether oxygens (including phenoxy) is 1. The number of hydrogen-bond acceptors (Lipinski definition) is 16. The summed E-state index contributed by atoms with van der Waals surface area (Å²) in [6, 6.07) is 2.07. The number of nitrogens with one attached hydrogen (secondary N) is 5. The standard InChI is InChI=1S/C49H75N15O12S/c1-76-31-14-12-28(13-15-31)21-29(24-57-34(47(74)75)9-3-17-56-49(53)54)59-42(69)37-10-4-18-62(37)45(72)36(27-65)60-40(67)25-58-41(68)35(23-32-7-6-20-77-32)61-43(70)39-22-30(66)26-64(39)46(73)38-11-5-19-63(38)44(71)33(50)8-2-16-55-48(51)52/h6-7,12-15,20,29-30,33-39,57,65-66H,2-5,8-11,16-19,21-27,50H2,1H3,(H,58,68)(H,59,69)(H,60,67)(H,61,70)(H,74,75)(H4,51,52,55)(H4,53,54,56)/t29-,30-,33+,34+,35+,36+,37+,38+,39+/m1/s1. The third kappa shape index (κ3) is 18.3. The lowest BCUT2D eigenvalue weighted by Gasteiger charge is -2.32. The molecule has 0 unspecified atom stereocenters. The summed E-state index contributed by atoms with van der Waals surface area (Å²) in [5.41, 5.74) is 28.6. The summed E-state index contributed by atoms with van der Waals surface area (Å²) in [5, 5.41) is 46.4. The van der Waals surface area contributed by atoms with Crippen LogP contribution in [0.15, 0.2) is 51.8 Å². The number of aliphatic imine (C=N–C) groups is 2. The van der Waals surface area contributed by atoms with E-state index in [1.807, 2.05) is 12.1 Å². The Morgan fingerprint density at radius 2 is 1.42 bits per heavy atom. The molecular weight excluding hydrogens is 1020 g/mol. The molecule has 9 atom stereocenters. The first kappa shape index (κ1) is 60.7. The van der Waals surface area contributed by atoms with Crippen molar-refractivity contribution in [3.8, 4) is 5.75 Å². The fraction of sp³-hybridized carbons (Fsp3) is 0.592. The van der Waals surface area contributed by atoms with Gasteiger partial charge in [-0.05, 0) is 86.9 Å². The highest BCUT2D eigenvalue weighted by Crippen LogP contribution is 2.27. The first-order chi connectivity index (χ1) is 36.8. The number of amides is 7. The number of aliphatic carboxylic acids is 1. The second-order valence-corrected chi connectivity index (χ2v) is 20.2. The number of methoxy groups -OCH3 is 1. The lowest BCUT2D eigenvalue weighted by molar-refractivity contribution is -0.147. The topological polar surface area (TPSA) is 431 Å². The van der Waals surface area contributed by atoms with Crippen molar-refractivity contribution < 1.29 is 58.4 Å². The highest BCUT2D eigenvalue weighted by Gasteiger charge is 2.46. The molecule has 0 radical (unpaired) electrons. The summed E-state index contributed by atoms with van der Waals surface area (Å²) in [4.78, 5) is 121. The van der Waals surface area contributed by atoms with Gasteiger partial charge >= 0.3 is 5.97 Å². The smallest absolute Gasteiger partial charge is 0.320 e. The van der Waals surface area contributed by atoms with Crippen molar-refractivity contribution in [3.63, 3.8) is 0 Å². The molecule has 3 fully saturated rings. The van der Waals surface area contributed by atoms with Crippen molar-refractivity contribution in [2.24, 2.45) is 38.7 Å². The number of nitrogens with two attached hydrogens (primary N) is 5. The van der Waals surface area contributed by atoms with Crippen molar-refractivity contribution in [3.05, 3.63) is 52.2 Å². The van der Waals surface area contributed by atoms with Crippen LogP contribution < -0.4 is 60.0 Å². The van der Waals surface area contributed by atoms with Gasteiger partial charge in [0.25, 0.3) is 0 Å². The number of aliphatic hydroxyl groups excluding tert-OH is 2. The average Bonchev–Trinajstić information content (AvgIpc) is 4.27. The molecule has 1 aromatic carbocycles. The summed E-state index contributed by atoms with van der Waals surface area (Å²) in [5.74, 6) is -5.39. The minimum Gasteiger partial charge on any atom is -0.497 e. The number of carbonyl (C=O) groups excluding carboxylic acids is 7. The van der Waals surface area contributed by atoms with Crippen LogP contribution in [0, 0.1) is 0 Å². The van der Waals surface area contributed by atoms with E-state index < -0.39 is 115 Å². The Morgan fingerprint density at radius 3 is 2.03 bits per heavy atom. The van der Waals surface area contributed by atoms with Crippen molar-refractivity contribution in [2.75, 3.05) is 59.5 Å². The Morgan fingerprint density at radius 1 is 0.779 bits per heavy atom. The van der Waals surface area contributed by atoms with E-state index in [0.29, 0.717) is 42.7 Å². The number of nitrogens with zero attached hydrogens (tertiary/aromatic N) is 5. The van der Waals surface area contributed by atoms with Gasteiger partial charge in [0.1, 0.15) is 42.0 Å². The normalized spacial score (nSPS) is 20.0. The van der Waals surface area contributed by atoms with E-state index in [0.717, 1.165) is 5.56 Å². The van der Waals surface area contributed by atoms with Crippen molar-refractivity contribution in [1.29, 1.82) is 0 Å². The van der Waals surface area contributed by atoms with Crippen LogP contribution in [0.2, 0.25) is 0 Å². The second kappa shape index (κ2) is 30.0. The fourth-order valence-electron chi connectivity index (χ4n) is 9.59. The van der Waals surface area contributed by atoms with E-state index in [-0.39, 0.29) is 89.7 Å². The molecule has 3 aliphatic rings. The minimum absolute atomic E-state index is 0.0138. The lowest BCUT2D eigenvalue weighted by atomic mass is 10.0. The number of carbonyl (C=O) groups is 8. The Labute approximate surface area is 450 Å². The first-order valence-corrected chi connectivity index (χ1v) is 26.5. The maximum Gasteiger partial charge on any atom is 0.320 e. The molecule has 0 bridgehead atoms. The number of rotatable bonds is 29. The molecule has 77 heavy (non-hydrogen) atoms. The molecule has 2 aromatic rings. The number of guanidine groups is 2. The van der Waals surface area contributed by atoms with E-state index in [1.54, 1.807) is 29.6 Å². The second-order valence-electron chi connectivity index (χ2n) is 19.2. The molecule has 424 valence electrons. The average molecular weight is 1100 g/mol. The summed E-state index contributed by atoms with van der Waals surface area (Å²) < 4.78 is 5.27. The van der Waals surface area contributed by atoms with Crippen LogP contribution in [0.1, 0.15) is 68.2 Å². The van der Waals surface area contributed by atoms with E-state index >= 15 is 0 Å². The zero-order valence-electron chi connectivity index (χ0n) is 43.2. The summed E-state index contributed by atoms with van der Waals surface area (Å²) in [7, 11) is 1.53. The molecule has 5 rings (SSSR count). The number of likely N-dealkylation sites (tertiary alicyclic amines) is 3. The molecule has 1 aromatic heterocycles. The number of thiophene rings is 1. The maximum atomic E-state index is 14.1. The summed E-state index contributed by atoms with van der Waals surface area (Å²) >= 11 is 1.31. The van der Waals surface area contributed by atoms with E-state index in [4.69, 9.17) is 33.4 Å². The lowest BCUT2D eigenvalue weighted by Crippen LogP contribution is -2.58. The van der Waals surface area contributed by atoms with E-state index in [1.165, 1.54) is 33.1 Å². The molecule has 3 aliphatic heterocycles. The van der Waals surface area contributed by atoms with Crippen LogP contribution in [0.3, 0.4) is 0 Å². The van der Waals surface area contributed by atoms with Crippen LogP contribution in [0.25, 0.3) is 0 Å². The quantitative estimate of drug-likeness (QED) is 0.0208. The molecule has 18 N–H and O–H groups in total. The molecule has 0 saturated carbocycles. The Kier molecular flexibility index (Phi) is 23.6. The highest BCUT2D eigenvalue weighted by atomic mass is 32.1. The minimum atomic E-state index is -1.52. The van der Waals surface area contributed by atoms with Gasteiger partial charge in [-0.3, -0.25) is 48.3 Å². The van der Waals surface area contributed by atoms with Crippen LogP contribution >= 0.6 is 11.3 Å². The van der Waals surface area contributed by atoms with Gasteiger partial charge in [-0.15, -0.1) is 11.3 Å². The van der Waals surface area contributed by atoms with Gasteiger partial charge in [0.2, 0.25) is 41.4 Å². The number of β-amino-alcohol motifs (C(OH)–C–C–N with tert-alkyl or cyclic N) is 1. The number of hydrogen-bond donors (Lipinski definition) is 13. The molecule has 4 heterocycles. The van der Waals surface area contributed by atoms with Crippen molar-refractivity contribution in [1.82, 2.24) is 41.3 Å². The third-order valence-corrected chi connectivity index (χ3v) is 14.4. The molecule has 7 amide bonds. The number of carboxylic acid groups (broad SMARTS) is 1. The summed E-state index contributed by atoms with van der Waals surface area (Å²) in [6.07, 6.45) is 1.76. The number of aliphatic hydroxyl groups is 2. The van der Waals surface area contributed by atoms with Crippen molar-refractivity contribution >= 4 is 70.6 Å². The van der Waals surface area contributed by atoms with Gasteiger partial charge in [-0.25, -0.2) is 0 Å². The Bertz CT molecular complexity index is 2390. The predicted molar refractivity (Wildman–Crippen MR) is 283 cm³/mol. The van der Waals surface area contributed by atoms with E-state index in [2.05, 4.69) is 36.6 Å². The van der Waals surface area contributed by atoms with Gasteiger partial charge in [-0.1, -0.05) is 18.2 Å². The first-order valence-electron chi connectivity index (χ1n) is 25.7. The number of carboxylic acids is 1. The molecule has 27 nitrogen and oxygen atoms in total. The largest absolute Gasteiger partial charge is 0.497 e. The molecule has 0 spiro atoms. The maximum absolute atomic E-state index is 14.1. The molecule has 3 saturated heterocycles. The van der Waals surface area contributed by atoms with Crippen LogP contribution in [0.5, 0.6) is 5.75 Å². The van der Waals surface area contributed by atoms with Gasteiger partial charge in [0.05, 0.1) is 32.4 Å². The third-order valence-electron chi connectivity index (χ3n) is 13.5. The van der Waals surface area contributed by atoms with Gasteiger partial charge in [0.15, 0.2) is 11.9 Å². The number of benzene rings is 1. The zero-order chi connectivity index (χ0) is 56.2. The van der Waals surface area contributed by atoms with Crippen LogP contribution in [-0.4, -0.2) is 203 Å². The predicted octanol–water partition coefficient (Wildman–Crippen LogP) is -4.47. The SMILES string of the molecule is COc1ccc(C[C@H](CN[C@@H](CCCN=C(N)N)C(=O)O)NC(=O)[C@@H]2CCCN2C(=O)[C@H](CO)NC(=O)CNC(=O)[C@H](Cc2cccs2)NC(=O)[C@@H]2C[C@@H](O)CN2C(=O)[C@@H]2CCCN2C(=O)[C@@H](N)CCCN=C(N)N)cc1. The van der Waals surface area contributed by atoms with Gasteiger partial charge in [-0.2, -0.15) is 0 Å². The zero-order valence-corrected chi connectivity index (χ0v) is 44.0. The summed E-state index contributed by atoms with van der Waals surface area (Å²) in [6.45, 7) is -0.835. The molecule has 28 heteroatoms. The molecular formula is C49H75N15O12S. The van der Waals surface area contributed by atoms with Crippen molar-refractivity contribution in [2.45, 2.75) is 125 Å². The highest BCUT2D eigenvalue weighted by molar-refractivity contribution is 7.09. The van der Waals surface area contributed by atoms with E-state index in [9.17, 15) is 53.7 Å². The fourth-order valence-corrected chi connectivity index (χ4v) is 10.3. The monoisotopic (exact) mass is 1100 g/mol. The van der Waals surface area contributed by atoms with Crippen LogP contribution in [0.4, 0.5) is 0 Å². The van der Waals surface area contributed by atoms with Crippen LogP contribution in [-0.2, 0) is 51.2 Å². The van der Waals surface area contributed by atoms with Gasteiger partial charge in [0, 0.05) is 63.0 Å². The van der Waals surface area contributed by atoms with Gasteiger partial charge < -0.3 is 90.0 Å².